The Hall–Kier alpha value is -2.15. The highest BCUT2D eigenvalue weighted by Crippen LogP contribution is 2.16. The van der Waals surface area contributed by atoms with Crippen molar-refractivity contribution < 1.29 is 14.7 Å². The van der Waals surface area contributed by atoms with Gasteiger partial charge in [-0.05, 0) is 37.6 Å². The van der Waals surface area contributed by atoms with E-state index in [-0.39, 0.29) is 0 Å². The predicted octanol–water partition coefficient (Wildman–Crippen LogP) is 2.93. The lowest BCUT2D eigenvalue weighted by atomic mass is 10.1. The zero-order valence-electron chi connectivity index (χ0n) is 12.9. The van der Waals surface area contributed by atoms with E-state index in [0.717, 1.165) is 10.2 Å². The third kappa shape index (κ3) is 4.19. The van der Waals surface area contributed by atoms with Crippen LogP contribution < -0.4 is 5.32 Å². The predicted molar refractivity (Wildman–Crippen MR) is 89.8 cm³/mol. The van der Waals surface area contributed by atoms with E-state index in [4.69, 9.17) is 5.11 Å². The second-order valence-electron chi connectivity index (χ2n) is 5.20. The van der Waals surface area contributed by atoms with Gasteiger partial charge in [-0.2, -0.15) is 5.10 Å². The molecule has 0 radical (unpaired) electrons. The van der Waals surface area contributed by atoms with Gasteiger partial charge in [0.2, 0.25) is 0 Å². The van der Waals surface area contributed by atoms with Crippen LogP contribution in [0.4, 0.5) is 0 Å². The largest absolute Gasteiger partial charge is 0.480 e. The summed E-state index contributed by atoms with van der Waals surface area (Å²) >= 11 is 3.37. The lowest BCUT2D eigenvalue weighted by molar-refractivity contribution is -0.139. The Morgan fingerprint density at radius 1 is 1.35 bits per heavy atom. The van der Waals surface area contributed by atoms with Gasteiger partial charge >= 0.3 is 5.97 Å². The Morgan fingerprint density at radius 2 is 2.00 bits per heavy atom. The third-order valence-corrected chi connectivity index (χ3v) is 3.94. The van der Waals surface area contributed by atoms with Crippen molar-refractivity contribution in [3.05, 3.63) is 46.2 Å². The number of aromatic nitrogens is 2. The van der Waals surface area contributed by atoms with E-state index in [2.05, 4.69) is 26.3 Å². The average molecular weight is 380 g/mol. The van der Waals surface area contributed by atoms with E-state index in [1.165, 1.54) is 0 Å². The summed E-state index contributed by atoms with van der Waals surface area (Å²) < 4.78 is 2.55. The number of aryl methyl sites for hydroxylation is 1. The molecule has 1 aromatic heterocycles. The van der Waals surface area contributed by atoms with Gasteiger partial charge in [0.1, 0.15) is 6.04 Å². The summed E-state index contributed by atoms with van der Waals surface area (Å²) in [5.74, 6) is -1.45. The van der Waals surface area contributed by atoms with Crippen LogP contribution in [0, 0.1) is 6.92 Å². The molecule has 1 amide bonds. The Balaban J connectivity index is 2.21. The van der Waals surface area contributed by atoms with Crippen LogP contribution in [0.1, 0.15) is 35.8 Å². The SMILES string of the molecule is CCCC(NC(=O)c1cn(-c2ccc(Br)cc2)nc1C)C(=O)O. The molecule has 6 nitrogen and oxygen atoms in total. The number of nitrogens with one attached hydrogen (secondary N) is 1. The number of carboxylic acid groups (broad SMARTS) is 1. The zero-order valence-corrected chi connectivity index (χ0v) is 14.5. The molecule has 0 aliphatic rings. The van der Waals surface area contributed by atoms with E-state index in [9.17, 15) is 9.59 Å². The summed E-state index contributed by atoms with van der Waals surface area (Å²) in [6.45, 7) is 3.60. The first kappa shape index (κ1) is 17.2. The number of carbonyl (C=O) groups excluding carboxylic acids is 1. The molecule has 2 N–H and O–H groups in total. The molecule has 1 unspecified atom stereocenters. The number of benzene rings is 1. The number of nitrogens with zero attached hydrogens (tertiary/aromatic N) is 2. The van der Waals surface area contributed by atoms with Crippen LogP contribution in [-0.2, 0) is 4.79 Å². The molecule has 0 saturated heterocycles. The fraction of sp³-hybridized carbons (Fsp3) is 0.312. The zero-order chi connectivity index (χ0) is 17.0. The van der Waals surface area contributed by atoms with Crippen LogP contribution in [0.15, 0.2) is 34.9 Å². The number of carboxylic acids is 1. The maximum absolute atomic E-state index is 12.3. The van der Waals surface area contributed by atoms with Crippen molar-refractivity contribution in [3.8, 4) is 5.69 Å². The summed E-state index contributed by atoms with van der Waals surface area (Å²) in [6.07, 6.45) is 2.67. The summed E-state index contributed by atoms with van der Waals surface area (Å²) in [7, 11) is 0. The van der Waals surface area contributed by atoms with Gasteiger partial charge in [0.25, 0.3) is 5.91 Å². The number of hydrogen-bond donors (Lipinski definition) is 2. The Kier molecular flexibility index (Phi) is 5.54. The molecule has 1 heterocycles. The first-order valence-corrected chi connectivity index (χ1v) is 8.07. The maximum atomic E-state index is 12.3. The lowest BCUT2D eigenvalue weighted by Gasteiger charge is -2.12. The molecule has 2 rings (SSSR count). The molecule has 7 heteroatoms. The van der Waals surface area contributed by atoms with E-state index >= 15 is 0 Å². The molecule has 0 fully saturated rings. The third-order valence-electron chi connectivity index (χ3n) is 3.42. The molecule has 122 valence electrons. The van der Waals surface area contributed by atoms with Crippen molar-refractivity contribution in [2.75, 3.05) is 0 Å². The minimum Gasteiger partial charge on any atom is -0.480 e. The topological polar surface area (TPSA) is 84.2 Å². The maximum Gasteiger partial charge on any atom is 0.326 e. The number of hydrogen-bond acceptors (Lipinski definition) is 3. The van der Waals surface area contributed by atoms with Crippen molar-refractivity contribution in [1.82, 2.24) is 15.1 Å². The smallest absolute Gasteiger partial charge is 0.326 e. The second kappa shape index (κ2) is 7.41. The minimum atomic E-state index is -1.03. The van der Waals surface area contributed by atoms with Crippen LogP contribution >= 0.6 is 15.9 Å². The van der Waals surface area contributed by atoms with Crippen molar-refractivity contribution in [3.63, 3.8) is 0 Å². The first-order valence-electron chi connectivity index (χ1n) is 7.28. The fourth-order valence-electron chi connectivity index (χ4n) is 2.19. The summed E-state index contributed by atoms with van der Waals surface area (Å²) in [6, 6.07) is 6.62. The van der Waals surface area contributed by atoms with Crippen LogP contribution in [0.25, 0.3) is 5.69 Å². The van der Waals surface area contributed by atoms with Crippen LogP contribution in [-0.4, -0.2) is 32.8 Å². The van der Waals surface area contributed by atoms with Gasteiger partial charge in [-0.15, -0.1) is 0 Å². The van der Waals surface area contributed by atoms with Gasteiger partial charge in [0, 0.05) is 10.7 Å². The quantitative estimate of drug-likeness (QED) is 0.807. The average Bonchev–Trinajstić information content (AvgIpc) is 2.89. The highest BCUT2D eigenvalue weighted by molar-refractivity contribution is 9.10. The second-order valence-corrected chi connectivity index (χ2v) is 6.12. The highest BCUT2D eigenvalue weighted by atomic mass is 79.9. The molecule has 0 aliphatic heterocycles. The summed E-state index contributed by atoms with van der Waals surface area (Å²) in [5, 5.41) is 16.0. The molecule has 0 bridgehead atoms. The van der Waals surface area contributed by atoms with E-state index in [1.807, 2.05) is 31.2 Å². The number of carbonyl (C=O) groups is 2. The van der Waals surface area contributed by atoms with Gasteiger partial charge in [0.15, 0.2) is 0 Å². The van der Waals surface area contributed by atoms with Crippen LogP contribution in [0.2, 0.25) is 0 Å². The number of amides is 1. The van der Waals surface area contributed by atoms with E-state index in [0.29, 0.717) is 24.1 Å². The fourth-order valence-corrected chi connectivity index (χ4v) is 2.46. The molecule has 1 aromatic carbocycles. The first-order chi connectivity index (χ1) is 10.9. The standard InChI is InChI=1S/C16H18BrN3O3/c1-3-4-14(16(22)23)18-15(21)13-9-20(19-10(13)2)12-7-5-11(17)6-8-12/h5-9,14H,3-4H2,1-2H3,(H,18,21)(H,22,23). The highest BCUT2D eigenvalue weighted by Gasteiger charge is 2.22. The van der Waals surface area contributed by atoms with Crippen molar-refractivity contribution in [2.24, 2.45) is 0 Å². The van der Waals surface area contributed by atoms with Gasteiger partial charge in [-0.1, -0.05) is 29.3 Å². The molecule has 0 saturated carbocycles. The van der Waals surface area contributed by atoms with Crippen LogP contribution in [0.3, 0.4) is 0 Å². The van der Waals surface area contributed by atoms with Crippen molar-refractivity contribution in [1.29, 1.82) is 0 Å². The molecule has 0 aliphatic carbocycles. The lowest BCUT2D eigenvalue weighted by Crippen LogP contribution is -2.40. The Morgan fingerprint density at radius 3 is 2.57 bits per heavy atom. The summed E-state index contributed by atoms with van der Waals surface area (Å²) in [4.78, 5) is 23.5. The van der Waals surface area contributed by atoms with Gasteiger partial charge in [-0.3, -0.25) is 4.79 Å². The van der Waals surface area contributed by atoms with Crippen molar-refractivity contribution >= 4 is 27.8 Å². The van der Waals surface area contributed by atoms with E-state index in [1.54, 1.807) is 17.8 Å². The molecule has 0 spiro atoms. The van der Waals surface area contributed by atoms with Gasteiger partial charge in [-0.25, -0.2) is 9.48 Å². The molecule has 23 heavy (non-hydrogen) atoms. The summed E-state index contributed by atoms with van der Waals surface area (Å²) in [5.41, 5.74) is 1.74. The monoisotopic (exact) mass is 379 g/mol. The number of halogens is 1. The molecule has 1 atom stereocenters. The molecular weight excluding hydrogens is 362 g/mol. The normalized spacial score (nSPS) is 12.0. The van der Waals surface area contributed by atoms with Crippen LogP contribution in [0.5, 0.6) is 0 Å². The van der Waals surface area contributed by atoms with Crippen molar-refractivity contribution in [2.45, 2.75) is 32.7 Å². The molecule has 2 aromatic rings. The van der Waals surface area contributed by atoms with E-state index < -0.39 is 17.9 Å². The Bertz CT molecular complexity index is 710. The van der Waals surface area contributed by atoms with Gasteiger partial charge < -0.3 is 10.4 Å². The molecular formula is C16H18BrN3O3. The van der Waals surface area contributed by atoms with Gasteiger partial charge in [0.05, 0.1) is 16.9 Å². The minimum absolute atomic E-state index is 0.371. The Labute approximate surface area is 142 Å². The number of rotatable bonds is 6. The number of aliphatic carboxylic acids is 1.